The number of aryl methyl sites for hydroxylation is 1. The quantitative estimate of drug-likeness (QED) is 0.835. The minimum atomic E-state index is 0.246. The van der Waals surface area contributed by atoms with Crippen molar-refractivity contribution in [1.82, 2.24) is 14.9 Å². The van der Waals surface area contributed by atoms with Gasteiger partial charge in [0.2, 0.25) is 0 Å². The fourth-order valence-corrected chi connectivity index (χ4v) is 1.68. The number of hydrogen-bond acceptors (Lipinski definition) is 3. The molecule has 0 aromatic carbocycles. The van der Waals surface area contributed by atoms with Crippen molar-refractivity contribution in [3.63, 3.8) is 0 Å². The first-order valence-electron chi connectivity index (χ1n) is 5.50. The van der Waals surface area contributed by atoms with Crippen LogP contribution in [-0.4, -0.2) is 16.1 Å². The summed E-state index contributed by atoms with van der Waals surface area (Å²) in [5.41, 5.74) is 0. The van der Waals surface area contributed by atoms with E-state index in [1.807, 2.05) is 36.1 Å². The van der Waals surface area contributed by atoms with Gasteiger partial charge in [0.25, 0.3) is 0 Å². The first-order valence-corrected chi connectivity index (χ1v) is 5.50. The van der Waals surface area contributed by atoms with E-state index in [1.54, 1.807) is 6.26 Å². The van der Waals surface area contributed by atoms with E-state index in [0.29, 0.717) is 0 Å². The van der Waals surface area contributed by atoms with Gasteiger partial charge in [0, 0.05) is 32.4 Å². The normalized spacial score (nSPS) is 12.9. The number of rotatable bonds is 5. The fourth-order valence-electron chi connectivity index (χ4n) is 1.68. The zero-order chi connectivity index (χ0) is 11.4. The van der Waals surface area contributed by atoms with Gasteiger partial charge in [-0.05, 0) is 19.1 Å². The molecule has 0 saturated carbocycles. The molecule has 86 valence electrons. The Morgan fingerprint density at radius 1 is 1.56 bits per heavy atom. The van der Waals surface area contributed by atoms with Gasteiger partial charge in [-0.3, -0.25) is 0 Å². The Kier molecular flexibility index (Phi) is 3.41. The Morgan fingerprint density at radius 3 is 3.06 bits per heavy atom. The molecule has 16 heavy (non-hydrogen) atoms. The van der Waals surface area contributed by atoms with Crippen molar-refractivity contribution < 1.29 is 4.42 Å². The predicted octanol–water partition coefficient (Wildman–Crippen LogP) is 1.91. The molecule has 2 heterocycles. The van der Waals surface area contributed by atoms with Crippen LogP contribution in [0.2, 0.25) is 0 Å². The molecule has 0 radical (unpaired) electrons. The molecule has 1 atom stereocenters. The van der Waals surface area contributed by atoms with Crippen LogP contribution < -0.4 is 5.32 Å². The predicted molar refractivity (Wildman–Crippen MR) is 62.0 cm³/mol. The molecule has 0 aliphatic heterocycles. The lowest BCUT2D eigenvalue weighted by atomic mass is 10.2. The summed E-state index contributed by atoms with van der Waals surface area (Å²) in [6.45, 7) is 2.99. The summed E-state index contributed by atoms with van der Waals surface area (Å²) in [7, 11) is 2.01. The molecule has 0 amide bonds. The molecule has 2 rings (SSSR count). The van der Waals surface area contributed by atoms with Crippen molar-refractivity contribution in [3.05, 3.63) is 42.4 Å². The van der Waals surface area contributed by atoms with Gasteiger partial charge >= 0.3 is 0 Å². The van der Waals surface area contributed by atoms with Gasteiger partial charge in [-0.2, -0.15) is 0 Å². The van der Waals surface area contributed by atoms with Crippen LogP contribution >= 0.6 is 0 Å². The second kappa shape index (κ2) is 4.99. The molecule has 0 bridgehead atoms. The number of nitrogens with one attached hydrogen (secondary N) is 1. The van der Waals surface area contributed by atoms with Crippen LogP contribution in [0.1, 0.15) is 24.6 Å². The molecule has 0 fully saturated rings. The molecule has 0 unspecified atom stereocenters. The van der Waals surface area contributed by atoms with Gasteiger partial charge in [0.1, 0.15) is 11.6 Å². The molecular formula is C12H17N3O. The third-order valence-corrected chi connectivity index (χ3v) is 2.69. The summed E-state index contributed by atoms with van der Waals surface area (Å²) in [6.07, 6.45) is 6.41. The molecule has 0 spiro atoms. The van der Waals surface area contributed by atoms with Crippen LogP contribution in [0, 0.1) is 0 Å². The summed E-state index contributed by atoms with van der Waals surface area (Å²) >= 11 is 0. The topological polar surface area (TPSA) is 43.0 Å². The lowest BCUT2D eigenvalue weighted by molar-refractivity contribution is 0.431. The average Bonchev–Trinajstić information content (AvgIpc) is 2.90. The third-order valence-electron chi connectivity index (χ3n) is 2.69. The van der Waals surface area contributed by atoms with E-state index in [1.165, 1.54) is 0 Å². The maximum absolute atomic E-state index is 5.32. The van der Waals surface area contributed by atoms with Crippen LogP contribution in [0.15, 0.2) is 35.2 Å². The first-order chi connectivity index (χ1) is 7.77. The maximum Gasteiger partial charge on any atom is 0.120 e. The SMILES string of the molecule is C[C@@H](NCCc1nccn1C)c1ccco1. The van der Waals surface area contributed by atoms with Crippen molar-refractivity contribution >= 4 is 0 Å². The molecule has 4 nitrogen and oxygen atoms in total. The molecule has 2 aromatic heterocycles. The van der Waals surface area contributed by atoms with Crippen LogP contribution in [0.3, 0.4) is 0 Å². The number of hydrogen-bond donors (Lipinski definition) is 1. The standard InChI is InChI=1S/C12H17N3O/c1-10(11-4-3-9-16-11)13-6-5-12-14-7-8-15(12)2/h3-4,7-10,13H,5-6H2,1-2H3/t10-/m1/s1. The Balaban J connectivity index is 1.78. The zero-order valence-corrected chi connectivity index (χ0v) is 9.68. The van der Waals surface area contributed by atoms with Gasteiger partial charge in [-0.25, -0.2) is 4.98 Å². The van der Waals surface area contributed by atoms with Gasteiger partial charge in [0.15, 0.2) is 0 Å². The highest BCUT2D eigenvalue weighted by Crippen LogP contribution is 2.11. The van der Waals surface area contributed by atoms with Gasteiger partial charge < -0.3 is 14.3 Å². The molecular weight excluding hydrogens is 202 g/mol. The van der Waals surface area contributed by atoms with E-state index < -0.39 is 0 Å². The van der Waals surface area contributed by atoms with Crippen LogP contribution in [0.5, 0.6) is 0 Å². The molecule has 4 heteroatoms. The fraction of sp³-hybridized carbons (Fsp3) is 0.417. The highest BCUT2D eigenvalue weighted by atomic mass is 16.3. The number of aromatic nitrogens is 2. The van der Waals surface area contributed by atoms with E-state index in [4.69, 9.17) is 4.42 Å². The number of nitrogens with zero attached hydrogens (tertiary/aromatic N) is 2. The van der Waals surface area contributed by atoms with Crippen molar-refractivity contribution in [2.75, 3.05) is 6.54 Å². The Bertz CT molecular complexity index is 419. The zero-order valence-electron chi connectivity index (χ0n) is 9.68. The summed E-state index contributed by atoms with van der Waals surface area (Å²) in [5, 5.41) is 3.40. The lowest BCUT2D eigenvalue weighted by Crippen LogP contribution is -2.21. The molecule has 1 N–H and O–H groups in total. The molecule has 0 aliphatic carbocycles. The number of furan rings is 1. The van der Waals surface area contributed by atoms with Crippen LogP contribution in [-0.2, 0) is 13.5 Å². The van der Waals surface area contributed by atoms with Gasteiger partial charge in [0.05, 0.1) is 12.3 Å². The van der Waals surface area contributed by atoms with Crippen LogP contribution in [0.25, 0.3) is 0 Å². The Morgan fingerprint density at radius 2 is 2.44 bits per heavy atom. The van der Waals surface area contributed by atoms with E-state index in [-0.39, 0.29) is 6.04 Å². The van der Waals surface area contributed by atoms with Gasteiger partial charge in [-0.15, -0.1) is 0 Å². The highest BCUT2D eigenvalue weighted by molar-refractivity contribution is 5.03. The Labute approximate surface area is 95.3 Å². The van der Waals surface area contributed by atoms with E-state index in [2.05, 4.69) is 17.2 Å². The van der Waals surface area contributed by atoms with E-state index >= 15 is 0 Å². The maximum atomic E-state index is 5.32. The second-order valence-corrected chi connectivity index (χ2v) is 3.90. The molecule has 0 saturated heterocycles. The van der Waals surface area contributed by atoms with Crippen molar-refractivity contribution in [3.8, 4) is 0 Å². The highest BCUT2D eigenvalue weighted by Gasteiger charge is 2.07. The summed E-state index contributed by atoms with van der Waals surface area (Å²) in [4.78, 5) is 4.27. The van der Waals surface area contributed by atoms with Crippen molar-refractivity contribution in [2.24, 2.45) is 7.05 Å². The second-order valence-electron chi connectivity index (χ2n) is 3.90. The van der Waals surface area contributed by atoms with Gasteiger partial charge in [-0.1, -0.05) is 0 Å². The van der Waals surface area contributed by atoms with E-state index in [9.17, 15) is 0 Å². The molecule has 2 aromatic rings. The van der Waals surface area contributed by atoms with E-state index in [0.717, 1.165) is 24.6 Å². The van der Waals surface area contributed by atoms with Crippen molar-refractivity contribution in [1.29, 1.82) is 0 Å². The molecule has 0 aliphatic rings. The average molecular weight is 219 g/mol. The summed E-state index contributed by atoms with van der Waals surface area (Å²) in [6, 6.07) is 4.14. The largest absolute Gasteiger partial charge is 0.468 e. The minimum Gasteiger partial charge on any atom is -0.468 e. The minimum absolute atomic E-state index is 0.246. The number of imidazole rings is 1. The summed E-state index contributed by atoms with van der Waals surface area (Å²) in [5.74, 6) is 2.07. The smallest absolute Gasteiger partial charge is 0.120 e. The van der Waals surface area contributed by atoms with Crippen molar-refractivity contribution in [2.45, 2.75) is 19.4 Å². The Hall–Kier alpha value is -1.55. The van der Waals surface area contributed by atoms with Crippen LogP contribution in [0.4, 0.5) is 0 Å². The monoisotopic (exact) mass is 219 g/mol. The summed E-state index contributed by atoms with van der Waals surface area (Å²) < 4.78 is 7.36. The lowest BCUT2D eigenvalue weighted by Gasteiger charge is -2.10. The third kappa shape index (κ3) is 2.52. The first kappa shape index (κ1) is 11.0.